The summed E-state index contributed by atoms with van der Waals surface area (Å²) in [5, 5.41) is 12.8. The summed E-state index contributed by atoms with van der Waals surface area (Å²) in [6.45, 7) is -0.965. The summed E-state index contributed by atoms with van der Waals surface area (Å²) in [6.07, 6.45) is -5.04. The zero-order chi connectivity index (χ0) is 17.8. The number of alkyl halides is 3. The van der Waals surface area contributed by atoms with Gasteiger partial charge in [0.1, 0.15) is 0 Å². The van der Waals surface area contributed by atoms with Crippen LogP contribution in [0, 0.1) is 0 Å². The monoisotopic (exact) mass is 357 g/mol. The quantitative estimate of drug-likeness (QED) is 0.861. The highest BCUT2D eigenvalue weighted by Gasteiger charge is 2.55. The topological polar surface area (TPSA) is 49.3 Å². The van der Waals surface area contributed by atoms with Gasteiger partial charge in [-0.3, -0.25) is 4.79 Å². The number of amides is 1. The molecule has 0 spiro atoms. The molecule has 0 bridgehead atoms. The fourth-order valence-corrected chi connectivity index (χ4v) is 2.28. The van der Waals surface area contributed by atoms with E-state index in [0.29, 0.717) is 10.6 Å². The molecule has 0 radical (unpaired) electrons. The predicted octanol–water partition coefficient (Wildman–Crippen LogP) is 3.45. The molecule has 2 N–H and O–H groups in total. The minimum atomic E-state index is -4.93. The van der Waals surface area contributed by atoms with Crippen molar-refractivity contribution in [1.82, 2.24) is 5.32 Å². The second kappa shape index (κ2) is 7.23. The second-order valence-corrected chi connectivity index (χ2v) is 5.74. The lowest BCUT2D eigenvalue weighted by Crippen LogP contribution is -2.51. The van der Waals surface area contributed by atoms with Crippen molar-refractivity contribution in [3.63, 3.8) is 0 Å². The van der Waals surface area contributed by atoms with Crippen LogP contribution in [0.25, 0.3) is 0 Å². The summed E-state index contributed by atoms with van der Waals surface area (Å²) in [5.74, 6) is -0.629. The number of hydrogen-bond donors (Lipinski definition) is 2. The number of aliphatic hydroxyl groups is 1. The molecule has 128 valence electrons. The van der Waals surface area contributed by atoms with E-state index >= 15 is 0 Å². The Balaban J connectivity index is 2.08. The smallest absolute Gasteiger partial charge is 0.375 e. The molecule has 2 aromatic rings. The van der Waals surface area contributed by atoms with Crippen LogP contribution >= 0.6 is 11.6 Å². The molecule has 0 saturated carbocycles. The van der Waals surface area contributed by atoms with E-state index in [1.54, 1.807) is 30.3 Å². The number of carbonyl (C=O) groups is 1. The average Bonchev–Trinajstić information content (AvgIpc) is 2.54. The van der Waals surface area contributed by atoms with Gasteiger partial charge in [0.2, 0.25) is 11.5 Å². The maximum absolute atomic E-state index is 13.3. The highest BCUT2D eigenvalue weighted by Crippen LogP contribution is 2.38. The largest absolute Gasteiger partial charge is 0.423 e. The third-order valence-corrected chi connectivity index (χ3v) is 3.79. The van der Waals surface area contributed by atoms with Crippen molar-refractivity contribution in [3.8, 4) is 0 Å². The molecule has 24 heavy (non-hydrogen) atoms. The summed E-state index contributed by atoms with van der Waals surface area (Å²) in [5.41, 5.74) is -2.87. The number of halogens is 4. The maximum atomic E-state index is 13.3. The van der Waals surface area contributed by atoms with Crippen LogP contribution in [0.2, 0.25) is 5.02 Å². The lowest BCUT2D eigenvalue weighted by atomic mass is 9.93. The predicted molar refractivity (Wildman–Crippen MR) is 84.6 cm³/mol. The minimum Gasteiger partial charge on any atom is -0.375 e. The van der Waals surface area contributed by atoms with Crippen molar-refractivity contribution in [1.29, 1.82) is 0 Å². The Morgan fingerprint density at radius 2 is 1.62 bits per heavy atom. The van der Waals surface area contributed by atoms with Gasteiger partial charge < -0.3 is 10.4 Å². The Labute approximate surface area is 142 Å². The first-order chi connectivity index (χ1) is 11.2. The molecule has 0 saturated heterocycles. The van der Waals surface area contributed by atoms with Gasteiger partial charge in [0.15, 0.2) is 0 Å². The number of hydrogen-bond acceptors (Lipinski definition) is 2. The van der Waals surface area contributed by atoms with Crippen LogP contribution < -0.4 is 5.32 Å². The van der Waals surface area contributed by atoms with Crippen molar-refractivity contribution in [2.24, 2.45) is 0 Å². The van der Waals surface area contributed by atoms with Crippen LogP contribution in [0.15, 0.2) is 54.6 Å². The van der Waals surface area contributed by atoms with Gasteiger partial charge in [-0.15, -0.1) is 0 Å². The van der Waals surface area contributed by atoms with Crippen molar-refractivity contribution in [2.75, 3.05) is 6.54 Å². The molecule has 2 rings (SSSR count). The van der Waals surface area contributed by atoms with Gasteiger partial charge in [0, 0.05) is 5.02 Å². The maximum Gasteiger partial charge on any atom is 0.423 e. The normalized spacial score (nSPS) is 14.0. The molecule has 0 fully saturated rings. The average molecular weight is 358 g/mol. The van der Waals surface area contributed by atoms with Crippen molar-refractivity contribution >= 4 is 17.5 Å². The number of carbonyl (C=O) groups excluding carboxylic acids is 1. The molecule has 1 unspecified atom stereocenters. The molecule has 0 aliphatic heterocycles. The van der Waals surface area contributed by atoms with Crippen LogP contribution in [-0.4, -0.2) is 23.7 Å². The van der Waals surface area contributed by atoms with E-state index in [1.165, 1.54) is 24.3 Å². The van der Waals surface area contributed by atoms with E-state index in [4.69, 9.17) is 11.6 Å². The lowest BCUT2D eigenvalue weighted by molar-refractivity contribution is -0.264. The number of nitrogens with one attached hydrogen (secondary N) is 1. The van der Waals surface area contributed by atoms with Gasteiger partial charge >= 0.3 is 6.18 Å². The fraction of sp³-hybridized carbons (Fsp3) is 0.235. The van der Waals surface area contributed by atoms with Crippen LogP contribution in [-0.2, 0) is 16.8 Å². The molecule has 3 nitrogen and oxygen atoms in total. The first-order valence-corrected chi connectivity index (χ1v) is 7.46. The number of rotatable bonds is 5. The summed E-state index contributed by atoms with van der Waals surface area (Å²) < 4.78 is 39.9. The Hall–Kier alpha value is -2.05. The van der Waals surface area contributed by atoms with Crippen LogP contribution in [0.3, 0.4) is 0 Å². The van der Waals surface area contributed by atoms with Gasteiger partial charge in [-0.25, -0.2) is 0 Å². The molecule has 0 heterocycles. The molecule has 1 atom stereocenters. The van der Waals surface area contributed by atoms with Gasteiger partial charge in [0.25, 0.3) is 0 Å². The van der Waals surface area contributed by atoms with Crippen LogP contribution in [0.1, 0.15) is 11.1 Å². The van der Waals surface area contributed by atoms with E-state index in [0.717, 1.165) is 0 Å². The lowest BCUT2D eigenvalue weighted by Gasteiger charge is -2.31. The molecule has 0 aromatic heterocycles. The standard InChI is InChI=1S/C17H15ClF3NO2/c18-14-8-6-12(7-9-14)10-15(23)22-11-16(24,17(19,20)21)13-4-2-1-3-5-13/h1-9,24H,10-11H2,(H,22,23). The first kappa shape index (κ1) is 18.3. The van der Waals surface area contributed by atoms with E-state index in [2.05, 4.69) is 5.32 Å². The van der Waals surface area contributed by atoms with Gasteiger partial charge in [0.05, 0.1) is 13.0 Å². The zero-order valence-corrected chi connectivity index (χ0v) is 13.2. The fourth-order valence-electron chi connectivity index (χ4n) is 2.16. The summed E-state index contributed by atoms with van der Waals surface area (Å²) >= 11 is 5.73. The highest BCUT2D eigenvalue weighted by atomic mass is 35.5. The second-order valence-electron chi connectivity index (χ2n) is 5.30. The summed E-state index contributed by atoms with van der Waals surface area (Å²) in [6, 6.07) is 13.0. The van der Waals surface area contributed by atoms with Gasteiger partial charge in [-0.05, 0) is 23.3 Å². The molecule has 0 aliphatic rings. The first-order valence-electron chi connectivity index (χ1n) is 7.08. The Kier molecular flexibility index (Phi) is 5.51. The molecular weight excluding hydrogens is 343 g/mol. The van der Waals surface area contributed by atoms with E-state index in [1.807, 2.05) is 0 Å². The SMILES string of the molecule is O=C(Cc1ccc(Cl)cc1)NCC(O)(c1ccccc1)C(F)(F)F. The molecule has 7 heteroatoms. The van der Waals surface area contributed by atoms with Crippen molar-refractivity contribution < 1.29 is 23.1 Å². The third kappa shape index (κ3) is 4.27. The van der Waals surface area contributed by atoms with Crippen LogP contribution in [0.4, 0.5) is 13.2 Å². The van der Waals surface area contributed by atoms with Crippen molar-refractivity contribution in [3.05, 3.63) is 70.7 Å². The van der Waals surface area contributed by atoms with Crippen LogP contribution in [0.5, 0.6) is 0 Å². The zero-order valence-electron chi connectivity index (χ0n) is 12.5. The van der Waals surface area contributed by atoms with Gasteiger partial charge in [-0.1, -0.05) is 54.1 Å². The Morgan fingerprint density at radius 3 is 2.17 bits per heavy atom. The molecule has 2 aromatic carbocycles. The number of benzene rings is 2. The van der Waals surface area contributed by atoms with E-state index in [-0.39, 0.29) is 12.0 Å². The molecule has 1 amide bonds. The Bertz CT molecular complexity index is 689. The highest BCUT2D eigenvalue weighted by molar-refractivity contribution is 6.30. The van der Waals surface area contributed by atoms with Crippen molar-refractivity contribution in [2.45, 2.75) is 18.2 Å². The summed E-state index contributed by atoms with van der Waals surface area (Å²) in [4.78, 5) is 11.9. The third-order valence-electron chi connectivity index (χ3n) is 3.54. The van der Waals surface area contributed by atoms with E-state index < -0.39 is 24.2 Å². The summed E-state index contributed by atoms with van der Waals surface area (Å²) in [7, 11) is 0. The van der Waals surface area contributed by atoms with Gasteiger partial charge in [-0.2, -0.15) is 13.2 Å². The molecule has 0 aliphatic carbocycles. The minimum absolute atomic E-state index is 0.111. The molecular formula is C17H15ClF3NO2. The Morgan fingerprint density at radius 1 is 1.04 bits per heavy atom. The van der Waals surface area contributed by atoms with E-state index in [9.17, 15) is 23.1 Å².